The number of ether oxygens (including phenoxy) is 2. The van der Waals surface area contributed by atoms with Crippen molar-refractivity contribution in [3.05, 3.63) is 24.3 Å². The number of allylic oxidation sites excluding steroid dienone is 4. The predicted octanol–water partition coefficient (Wildman–Crippen LogP) is 10.7. The molecule has 0 aromatic carbocycles. The van der Waals surface area contributed by atoms with Crippen LogP contribution in [0.1, 0.15) is 181 Å². The first kappa shape index (κ1) is 40.4. The van der Waals surface area contributed by atoms with Crippen LogP contribution in [0.15, 0.2) is 24.3 Å². The van der Waals surface area contributed by atoms with Crippen molar-refractivity contribution >= 4 is 11.9 Å². The summed E-state index contributed by atoms with van der Waals surface area (Å²) in [5, 5.41) is 9.51. The summed E-state index contributed by atoms with van der Waals surface area (Å²) >= 11 is 0. The van der Waals surface area contributed by atoms with Crippen molar-refractivity contribution in [1.82, 2.24) is 0 Å². The third-order valence-corrected chi connectivity index (χ3v) is 7.75. The average Bonchev–Trinajstić information content (AvgIpc) is 2.99. The number of carbonyl (C=O) groups excluding carboxylic acids is 2. The summed E-state index contributed by atoms with van der Waals surface area (Å²) in [6.07, 6.45) is 38.0. The minimum absolute atomic E-state index is 0.0695. The van der Waals surface area contributed by atoms with Crippen LogP contribution in [0.4, 0.5) is 0 Å². The highest BCUT2D eigenvalue weighted by Gasteiger charge is 2.16. The molecule has 0 aliphatic carbocycles. The zero-order valence-electron chi connectivity index (χ0n) is 27.8. The Morgan fingerprint density at radius 1 is 0.548 bits per heavy atom. The van der Waals surface area contributed by atoms with E-state index in [0.29, 0.717) is 12.8 Å². The fourth-order valence-electron chi connectivity index (χ4n) is 4.99. The fourth-order valence-corrected chi connectivity index (χ4v) is 4.99. The number of esters is 2. The Kier molecular flexibility index (Phi) is 32.6. The molecule has 0 spiro atoms. The summed E-state index contributed by atoms with van der Waals surface area (Å²) in [6, 6.07) is 0. The maximum Gasteiger partial charge on any atom is 0.306 e. The molecule has 0 aromatic rings. The lowest BCUT2D eigenvalue weighted by Gasteiger charge is -2.15. The van der Waals surface area contributed by atoms with Gasteiger partial charge in [-0.15, -0.1) is 0 Å². The predicted molar refractivity (Wildman–Crippen MR) is 178 cm³/mol. The third kappa shape index (κ3) is 31.3. The zero-order valence-corrected chi connectivity index (χ0v) is 27.8. The topological polar surface area (TPSA) is 72.8 Å². The van der Waals surface area contributed by atoms with Crippen LogP contribution in [-0.2, 0) is 19.1 Å². The summed E-state index contributed by atoms with van der Waals surface area (Å²) in [5.41, 5.74) is 0. The normalized spacial score (nSPS) is 12.4. The fraction of sp³-hybridized carbons (Fsp3) is 0.838. The number of hydrogen-bond donors (Lipinski definition) is 1. The van der Waals surface area contributed by atoms with Gasteiger partial charge in [0.15, 0.2) is 6.10 Å². The molecule has 1 atom stereocenters. The molecular formula is C37H68O5. The van der Waals surface area contributed by atoms with Crippen LogP contribution in [0.2, 0.25) is 0 Å². The van der Waals surface area contributed by atoms with Crippen LogP contribution < -0.4 is 0 Å². The van der Waals surface area contributed by atoms with E-state index in [1.165, 1.54) is 103 Å². The smallest absolute Gasteiger partial charge is 0.306 e. The molecule has 246 valence electrons. The summed E-state index contributed by atoms with van der Waals surface area (Å²) < 4.78 is 10.6. The minimum Gasteiger partial charge on any atom is -0.462 e. The van der Waals surface area contributed by atoms with Crippen molar-refractivity contribution in [2.45, 2.75) is 187 Å². The Labute approximate surface area is 260 Å². The molecule has 0 rings (SSSR count). The average molecular weight is 593 g/mol. The van der Waals surface area contributed by atoms with Crippen molar-refractivity contribution in [3.8, 4) is 0 Å². The molecule has 5 nitrogen and oxygen atoms in total. The molecule has 0 fully saturated rings. The highest BCUT2D eigenvalue weighted by Crippen LogP contribution is 2.14. The molecule has 0 aliphatic rings. The number of unbranched alkanes of at least 4 members (excludes halogenated alkanes) is 20. The van der Waals surface area contributed by atoms with Gasteiger partial charge >= 0.3 is 11.9 Å². The summed E-state index contributed by atoms with van der Waals surface area (Å²) in [5.74, 6) is -0.603. The molecule has 0 unspecified atom stereocenters. The van der Waals surface area contributed by atoms with Crippen LogP contribution in [0.3, 0.4) is 0 Å². The van der Waals surface area contributed by atoms with E-state index in [-0.39, 0.29) is 25.2 Å². The van der Waals surface area contributed by atoms with Gasteiger partial charge in [0.05, 0.1) is 6.61 Å². The lowest BCUT2D eigenvalue weighted by molar-refractivity contribution is -0.161. The van der Waals surface area contributed by atoms with Crippen molar-refractivity contribution in [1.29, 1.82) is 0 Å². The van der Waals surface area contributed by atoms with E-state index in [0.717, 1.165) is 51.4 Å². The number of aliphatic hydroxyl groups excluding tert-OH is 1. The first-order valence-corrected chi connectivity index (χ1v) is 17.9. The first-order valence-electron chi connectivity index (χ1n) is 17.9. The quantitative estimate of drug-likeness (QED) is 0.0478. The summed E-state index contributed by atoms with van der Waals surface area (Å²) in [6.45, 7) is 4.09. The van der Waals surface area contributed by atoms with Gasteiger partial charge in [-0.3, -0.25) is 9.59 Å². The third-order valence-electron chi connectivity index (χ3n) is 7.75. The van der Waals surface area contributed by atoms with E-state index in [1.807, 2.05) is 0 Å². The summed E-state index contributed by atoms with van der Waals surface area (Å²) in [7, 11) is 0. The van der Waals surface area contributed by atoms with Crippen molar-refractivity contribution in [2.24, 2.45) is 0 Å². The molecule has 1 N–H and O–H groups in total. The maximum atomic E-state index is 12.1. The van der Waals surface area contributed by atoms with Gasteiger partial charge in [-0.05, 0) is 44.9 Å². The molecule has 0 bridgehead atoms. The Morgan fingerprint density at radius 2 is 0.952 bits per heavy atom. The van der Waals surface area contributed by atoms with Crippen LogP contribution in [0.25, 0.3) is 0 Å². The van der Waals surface area contributed by atoms with Gasteiger partial charge in [-0.2, -0.15) is 0 Å². The molecular weight excluding hydrogens is 524 g/mol. The van der Waals surface area contributed by atoms with E-state index in [9.17, 15) is 14.7 Å². The molecule has 0 aliphatic heterocycles. The monoisotopic (exact) mass is 593 g/mol. The number of aliphatic hydroxyl groups is 1. The molecule has 0 radical (unpaired) electrons. The Bertz CT molecular complexity index is 642. The SMILES string of the molecule is CCCCC/C=C\C/C=C\CCCCCCCC(=O)OC[C@@H](CO)OC(=O)CCCCCCCCCCCCCCC. The van der Waals surface area contributed by atoms with Gasteiger partial charge in [-0.1, -0.05) is 147 Å². The first-order chi connectivity index (χ1) is 20.6. The van der Waals surface area contributed by atoms with E-state index >= 15 is 0 Å². The van der Waals surface area contributed by atoms with Gasteiger partial charge in [0, 0.05) is 12.8 Å². The van der Waals surface area contributed by atoms with E-state index in [4.69, 9.17) is 9.47 Å². The van der Waals surface area contributed by atoms with Gasteiger partial charge in [0.1, 0.15) is 6.61 Å². The van der Waals surface area contributed by atoms with E-state index < -0.39 is 6.10 Å². The Hall–Kier alpha value is -1.62. The highest BCUT2D eigenvalue weighted by atomic mass is 16.6. The molecule has 5 heteroatoms. The Balaban J connectivity index is 3.58. The second-order valence-electron chi connectivity index (χ2n) is 12.0. The largest absolute Gasteiger partial charge is 0.462 e. The van der Waals surface area contributed by atoms with Gasteiger partial charge < -0.3 is 14.6 Å². The van der Waals surface area contributed by atoms with Crippen LogP contribution in [0, 0.1) is 0 Å². The van der Waals surface area contributed by atoms with Crippen LogP contribution >= 0.6 is 0 Å². The van der Waals surface area contributed by atoms with Crippen LogP contribution in [0.5, 0.6) is 0 Å². The Morgan fingerprint density at radius 3 is 1.45 bits per heavy atom. The lowest BCUT2D eigenvalue weighted by atomic mass is 10.0. The summed E-state index contributed by atoms with van der Waals surface area (Å²) in [4.78, 5) is 24.1. The van der Waals surface area contributed by atoms with Crippen molar-refractivity contribution in [2.75, 3.05) is 13.2 Å². The zero-order chi connectivity index (χ0) is 30.8. The van der Waals surface area contributed by atoms with E-state index in [1.54, 1.807) is 0 Å². The second-order valence-corrected chi connectivity index (χ2v) is 12.0. The van der Waals surface area contributed by atoms with Gasteiger partial charge in [0.25, 0.3) is 0 Å². The minimum atomic E-state index is -0.770. The molecule has 0 saturated heterocycles. The lowest BCUT2D eigenvalue weighted by Crippen LogP contribution is -2.28. The number of carbonyl (C=O) groups is 2. The van der Waals surface area contributed by atoms with Gasteiger partial charge in [0.2, 0.25) is 0 Å². The molecule has 42 heavy (non-hydrogen) atoms. The number of hydrogen-bond acceptors (Lipinski definition) is 5. The molecule has 0 heterocycles. The molecule has 0 aromatic heterocycles. The standard InChI is InChI=1S/C37H68O5/c1-3-5-7-9-11-13-15-17-18-20-21-23-25-27-29-31-36(39)41-34-35(33-38)42-37(40)32-30-28-26-24-22-19-16-14-12-10-8-6-4-2/h11,13,17-18,35,38H,3-10,12,14-16,19-34H2,1-2H3/b13-11-,18-17-/t35-/m1/s1. The van der Waals surface area contributed by atoms with Crippen molar-refractivity contribution < 1.29 is 24.2 Å². The van der Waals surface area contributed by atoms with Gasteiger partial charge in [-0.25, -0.2) is 0 Å². The molecule has 0 amide bonds. The number of rotatable bonds is 32. The van der Waals surface area contributed by atoms with Crippen molar-refractivity contribution in [3.63, 3.8) is 0 Å². The van der Waals surface area contributed by atoms with E-state index in [2.05, 4.69) is 38.2 Å². The molecule has 0 saturated carbocycles. The van der Waals surface area contributed by atoms with Crippen LogP contribution in [-0.4, -0.2) is 36.4 Å². The highest BCUT2D eigenvalue weighted by molar-refractivity contribution is 5.70. The maximum absolute atomic E-state index is 12.1. The second kappa shape index (κ2) is 33.9.